The second-order valence-corrected chi connectivity index (χ2v) is 4.92. The van der Waals surface area contributed by atoms with E-state index in [0.29, 0.717) is 18.8 Å². The van der Waals surface area contributed by atoms with E-state index in [-0.39, 0.29) is 11.8 Å². The molecule has 0 bridgehead atoms. The molecule has 0 saturated carbocycles. The van der Waals surface area contributed by atoms with E-state index in [1.54, 1.807) is 0 Å². The smallest absolute Gasteiger partial charge is 0.226 e. The maximum absolute atomic E-state index is 11.8. The van der Waals surface area contributed by atoms with Crippen molar-refractivity contribution in [1.82, 2.24) is 10.2 Å². The molecule has 0 saturated heterocycles. The third-order valence-electron chi connectivity index (χ3n) is 3.58. The molecule has 1 aliphatic heterocycles. The fraction of sp³-hybridized carbons (Fsp3) is 0.333. The van der Waals surface area contributed by atoms with Gasteiger partial charge in [-0.25, -0.2) is 0 Å². The zero-order valence-electron chi connectivity index (χ0n) is 11.6. The first-order valence-electron chi connectivity index (χ1n) is 6.76. The summed E-state index contributed by atoms with van der Waals surface area (Å²) in [6, 6.07) is 7.93. The van der Waals surface area contributed by atoms with Gasteiger partial charge in [-0.3, -0.25) is 9.89 Å². The number of aryl methyl sites for hydroxylation is 1. The first-order chi connectivity index (χ1) is 9.69. The third kappa shape index (κ3) is 2.15. The fourth-order valence-corrected chi connectivity index (χ4v) is 2.68. The molecule has 0 aliphatic carbocycles. The van der Waals surface area contributed by atoms with Gasteiger partial charge in [-0.05, 0) is 31.5 Å². The molecular weight excluding hydrogens is 254 g/mol. The van der Waals surface area contributed by atoms with Crippen LogP contribution in [0.25, 0.3) is 0 Å². The molecule has 0 unspecified atom stereocenters. The number of nitrogens with zero attached hydrogens (tertiary/aromatic N) is 1. The van der Waals surface area contributed by atoms with Crippen LogP contribution in [0.15, 0.2) is 24.3 Å². The van der Waals surface area contributed by atoms with E-state index in [2.05, 4.69) is 15.5 Å². The summed E-state index contributed by atoms with van der Waals surface area (Å²) in [6.07, 6.45) is 0.446. The molecule has 5 nitrogen and oxygen atoms in total. The molecule has 1 aromatic carbocycles. The summed E-state index contributed by atoms with van der Waals surface area (Å²) in [4.78, 5) is 11.8. The predicted molar refractivity (Wildman–Crippen MR) is 76.0 cm³/mol. The van der Waals surface area contributed by atoms with Gasteiger partial charge in [-0.15, -0.1) is 0 Å². The average molecular weight is 271 g/mol. The summed E-state index contributed by atoms with van der Waals surface area (Å²) < 4.78 is 5.45. The SMILES string of the molecule is CCOc1ccc([C@H]2CC(=O)Nc3n[nH]c(C)c32)cc1. The molecule has 1 amide bonds. The molecule has 104 valence electrons. The Hall–Kier alpha value is -2.30. The van der Waals surface area contributed by atoms with Crippen molar-refractivity contribution in [3.8, 4) is 5.75 Å². The van der Waals surface area contributed by atoms with Crippen LogP contribution in [0.2, 0.25) is 0 Å². The Kier molecular flexibility index (Phi) is 3.18. The fourth-order valence-electron chi connectivity index (χ4n) is 2.68. The van der Waals surface area contributed by atoms with Gasteiger partial charge in [0.25, 0.3) is 0 Å². The van der Waals surface area contributed by atoms with Crippen LogP contribution in [0.1, 0.15) is 36.1 Å². The van der Waals surface area contributed by atoms with E-state index in [4.69, 9.17) is 4.74 Å². The van der Waals surface area contributed by atoms with Crippen LogP contribution in [0.5, 0.6) is 5.75 Å². The number of anilines is 1. The summed E-state index contributed by atoms with van der Waals surface area (Å²) >= 11 is 0. The molecule has 5 heteroatoms. The Morgan fingerprint density at radius 3 is 2.80 bits per heavy atom. The minimum Gasteiger partial charge on any atom is -0.494 e. The number of aromatic nitrogens is 2. The molecule has 0 radical (unpaired) electrons. The molecular formula is C15H17N3O2. The zero-order valence-corrected chi connectivity index (χ0v) is 11.6. The van der Waals surface area contributed by atoms with E-state index in [1.165, 1.54) is 0 Å². The van der Waals surface area contributed by atoms with Gasteiger partial charge in [0.1, 0.15) is 5.75 Å². The lowest BCUT2D eigenvalue weighted by Gasteiger charge is -2.23. The summed E-state index contributed by atoms with van der Waals surface area (Å²) in [7, 11) is 0. The highest BCUT2D eigenvalue weighted by atomic mass is 16.5. The Bertz CT molecular complexity index is 631. The summed E-state index contributed by atoms with van der Waals surface area (Å²) in [6.45, 7) is 4.58. The largest absolute Gasteiger partial charge is 0.494 e. The van der Waals surface area contributed by atoms with E-state index in [0.717, 1.165) is 22.6 Å². The summed E-state index contributed by atoms with van der Waals surface area (Å²) in [5.74, 6) is 1.55. The number of fused-ring (bicyclic) bond motifs is 1. The Morgan fingerprint density at radius 2 is 2.10 bits per heavy atom. The Morgan fingerprint density at radius 1 is 1.35 bits per heavy atom. The molecule has 3 rings (SSSR count). The minimum atomic E-state index is 0.00267. The highest BCUT2D eigenvalue weighted by Crippen LogP contribution is 2.38. The topological polar surface area (TPSA) is 67.0 Å². The maximum atomic E-state index is 11.8. The number of hydrogen-bond acceptors (Lipinski definition) is 3. The van der Waals surface area contributed by atoms with Gasteiger partial charge in [-0.2, -0.15) is 5.10 Å². The lowest BCUT2D eigenvalue weighted by Crippen LogP contribution is -2.23. The molecule has 1 atom stereocenters. The highest BCUT2D eigenvalue weighted by molar-refractivity contribution is 5.94. The van der Waals surface area contributed by atoms with Crippen molar-refractivity contribution in [2.24, 2.45) is 0 Å². The monoisotopic (exact) mass is 271 g/mol. The standard InChI is InChI=1S/C15H17N3O2/c1-3-20-11-6-4-10(5-7-11)12-8-13(19)16-15-14(12)9(2)17-18-15/h4-7,12H,3,8H2,1-2H3,(H2,16,17,18,19)/t12-/m1/s1. The Labute approximate surface area is 117 Å². The summed E-state index contributed by atoms with van der Waals surface area (Å²) in [5, 5.41) is 9.90. The van der Waals surface area contributed by atoms with Crippen molar-refractivity contribution < 1.29 is 9.53 Å². The first kappa shape index (κ1) is 12.7. The van der Waals surface area contributed by atoms with Crippen molar-refractivity contribution in [3.05, 3.63) is 41.1 Å². The second kappa shape index (κ2) is 5.00. The van der Waals surface area contributed by atoms with Crippen molar-refractivity contribution in [1.29, 1.82) is 0 Å². The number of ether oxygens (including phenoxy) is 1. The number of nitrogens with one attached hydrogen (secondary N) is 2. The van der Waals surface area contributed by atoms with E-state index < -0.39 is 0 Å². The van der Waals surface area contributed by atoms with Crippen LogP contribution < -0.4 is 10.1 Å². The number of rotatable bonds is 3. The number of amides is 1. The number of carbonyl (C=O) groups is 1. The normalized spacial score (nSPS) is 17.5. The van der Waals surface area contributed by atoms with Crippen LogP contribution in [-0.4, -0.2) is 22.7 Å². The van der Waals surface area contributed by atoms with E-state index >= 15 is 0 Å². The van der Waals surface area contributed by atoms with Gasteiger partial charge in [0, 0.05) is 23.6 Å². The number of aromatic amines is 1. The number of hydrogen-bond donors (Lipinski definition) is 2. The average Bonchev–Trinajstić information content (AvgIpc) is 2.81. The van der Waals surface area contributed by atoms with Crippen LogP contribution in [0.4, 0.5) is 5.82 Å². The molecule has 2 N–H and O–H groups in total. The third-order valence-corrected chi connectivity index (χ3v) is 3.58. The van der Waals surface area contributed by atoms with Gasteiger partial charge in [-0.1, -0.05) is 12.1 Å². The lowest BCUT2D eigenvalue weighted by molar-refractivity contribution is -0.116. The lowest BCUT2D eigenvalue weighted by atomic mass is 9.86. The predicted octanol–water partition coefficient (Wildman–Crippen LogP) is 2.59. The van der Waals surface area contributed by atoms with Crippen LogP contribution in [-0.2, 0) is 4.79 Å². The van der Waals surface area contributed by atoms with Gasteiger partial charge in [0.2, 0.25) is 5.91 Å². The minimum absolute atomic E-state index is 0.00267. The first-order valence-corrected chi connectivity index (χ1v) is 6.76. The molecule has 1 aromatic heterocycles. The van der Waals surface area contributed by atoms with E-state index in [9.17, 15) is 4.79 Å². The van der Waals surface area contributed by atoms with Crippen LogP contribution in [0, 0.1) is 6.92 Å². The number of benzene rings is 1. The zero-order chi connectivity index (χ0) is 14.1. The number of carbonyl (C=O) groups excluding carboxylic acids is 1. The molecule has 2 heterocycles. The molecule has 1 aliphatic rings. The quantitative estimate of drug-likeness (QED) is 0.901. The maximum Gasteiger partial charge on any atom is 0.226 e. The van der Waals surface area contributed by atoms with Gasteiger partial charge in [0.15, 0.2) is 5.82 Å². The Balaban J connectivity index is 1.97. The van der Waals surface area contributed by atoms with Crippen molar-refractivity contribution >= 4 is 11.7 Å². The van der Waals surface area contributed by atoms with Gasteiger partial charge < -0.3 is 10.1 Å². The van der Waals surface area contributed by atoms with Crippen molar-refractivity contribution in [3.63, 3.8) is 0 Å². The summed E-state index contributed by atoms with van der Waals surface area (Å²) in [5.41, 5.74) is 3.18. The van der Waals surface area contributed by atoms with Crippen molar-refractivity contribution in [2.45, 2.75) is 26.2 Å². The van der Waals surface area contributed by atoms with Crippen LogP contribution in [0.3, 0.4) is 0 Å². The van der Waals surface area contributed by atoms with Gasteiger partial charge >= 0.3 is 0 Å². The second-order valence-electron chi connectivity index (χ2n) is 4.92. The van der Waals surface area contributed by atoms with Crippen molar-refractivity contribution in [2.75, 3.05) is 11.9 Å². The highest BCUT2D eigenvalue weighted by Gasteiger charge is 2.30. The molecule has 20 heavy (non-hydrogen) atoms. The van der Waals surface area contributed by atoms with Crippen LogP contribution >= 0.6 is 0 Å². The number of H-pyrrole nitrogens is 1. The van der Waals surface area contributed by atoms with E-state index in [1.807, 2.05) is 38.1 Å². The molecule has 0 fully saturated rings. The van der Waals surface area contributed by atoms with Gasteiger partial charge in [0.05, 0.1) is 6.61 Å². The molecule has 0 spiro atoms. The molecule has 2 aromatic rings.